The van der Waals surface area contributed by atoms with Crippen LogP contribution in [0.4, 0.5) is 17.2 Å². The first kappa shape index (κ1) is 19.7. The fourth-order valence-corrected chi connectivity index (χ4v) is 3.90. The maximum Gasteiger partial charge on any atom is 0.266 e. The molecule has 3 rings (SSSR count). The van der Waals surface area contributed by atoms with E-state index in [0.29, 0.717) is 5.75 Å². The van der Waals surface area contributed by atoms with Crippen LogP contribution < -0.4 is 14.8 Å². The van der Waals surface area contributed by atoms with E-state index >= 15 is 0 Å². The Kier molecular flexibility index (Phi) is 5.56. The number of nitrogens with one attached hydrogen (secondary N) is 2. The van der Waals surface area contributed by atoms with Crippen molar-refractivity contribution in [1.82, 2.24) is 4.98 Å². The van der Waals surface area contributed by atoms with Crippen molar-refractivity contribution >= 4 is 27.2 Å². The molecule has 7 heteroatoms. The molecule has 1 heterocycles. The standard InChI is InChI=1S/C21H23N3O3S/c1-14-5-7-17(8-6-14)23-18-9-10-21(22-13-18)24-28(25,26)20-12-16(3)15(2)11-19(20)27-4/h5-13,23H,1-4H3,(H,22,24). The molecule has 3 aromatic rings. The van der Waals surface area contributed by atoms with E-state index in [0.717, 1.165) is 22.5 Å². The normalized spacial score (nSPS) is 11.1. The van der Waals surface area contributed by atoms with E-state index in [9.17, 15) is 8.42 Å². The van der Waals surface area contributed by atoms with E-state index < -0.39 is 10.0 Å². The van der Waals surface area contributed by atoms with Crippen LogP contribution in [0.3, 0.4) is 0 Å². The average Bonchev–Trinajstić information content (AvgIpc) is 2.66. The number of ether oxygens (including phenoxy) is 1. The van der Waals surface area contributed by atoms with Gasteiger partial charge in [0.25, 0.3) is 10.0 Å². The van der Waals surface area contributed by atoms with Gasteiger partial charge in [0.05, 0.1) is 19.0 Å². The maximum atomic E-state index is 12.8. The van der Waals surface area contributed by atoms with Crippen molar-refractivity contribution in [1.29, 1.82) is 0 Å². The molecule has 0 atom stereocenters. The van der Waals surface area contributed by atoms with Crippen LogP contribution in [-0.4, -0.2) is 20.5 Å². The zero-order valence-corrected chi connectivity index (χ0v) is 17.1. The summed E-state index contributed by atoms with van der Waals surface area (Å²) in [6.45, 7) is 5.79. The van der Waals surface area contributed by atoms with Crippen LogP contribution in [0.1, 0.15) is 16.7 Å². The summed E-state index contributed by atoms with van der Waals surface area (Å²) in [5.74, 6) is 0.531. The molecule has 0 aliphatic heterocycles. The number of nitrogens with zero attached hydrogens (tertiary/aromatic N) is 1. The van der Waals surface area contributed by atoms with Gasteiger partial charge in [-0.15, -0.1) is 0 Å². The highest BCUT2D eigenvalue weighted by Gasteiger charge is 2.21. The second-order valence-electron chi connectivity index (χ2n) is 6.62. The predicted octanol–water partition coefficient (Wildman–Crippen LogP) is 4.56. The molecule has 0 aliphatic carbocycles. The van der Waals surface area contributed by atoms with Crippen LogP contribution in [0, 0.1) is 20.8 Å². The number of rotatable bonds is 6. The zero-order valence-electron chi connectivity index (χ0n) is 16.3. The molecule has 0 saturated carbocycles. The minimum atomic E-state index is -3.83. The average molecular weight is 398 g/mol. The number of hydrogen-bond acceptors (Lipinski definition) is 5. The Balaban J connectivity index is 1.79. The van der Waals surface area contributed by atoms with Gasteiger partial charge in [-0.25, -0.2) is 13.4 Å². The Bertz CT molecular complexity index is 1080. The number of hydrogen-bond donors (Lipinski definition) is 2. The molecule has 0 saturated heterocycles. The summed E-state index contributed by atoms with van der Waals surface area (Å²) in [6.07, 6.45) is 1.58. The topological polar surface area (TPSA) is 80.3 Å². The number of benzene rings is 2. The van der Waals surface area contributed by atoms with Gasteiger partial charge in [0, 0.05) is 5.69 Å². The number of pyridine rings is 1. The first-order valence-corrected chi connectivity index (χ1v) is 10.2. The van der Waals surface area contributed by atoms with Gasteiger partial charge in [-0.3, -0.25) is 4.72 Å². The van der Waals surface area contributed by atoms with Crippen LogP contribution in [0.5, 0.6) is 5.75 Å². The molecule has 6 nitrogen and oxygen atoms in total. The van der Waals surface area contributed by atoms with Crippen LogP contribution in [0.2, 0.25) is 0 Å². The summed E-state index contributed by atoms with van der Waals surface area (Å²) >= 11 is 0. The van der Waals surface area contributed by atoms with Crippen molar-refractivity contribution in [3.05, 3.63) is 71.4 Å². The first-order valence-electron chi connectivity index (χ1n) is 8.76. The minimum Gasteiger partial charge on any atom is -0.495 e. The highest BCUT2D eigenvalue weighted by molar-refractivity contribution is 7.92. The van der Waals surface area contributed by atoms with Crippen molar-refractivity contribution in [3.63, 3.8) is 0 Å². The maximum absolute atomic E-state index is 12.8. The first-order chi connectivity index (χ1) is 13.3. The lowest BCUT2D eigenvalue weighted by Gasteiger charge is -2.14. The van der Waals surface area contributed by atoms with Crippen LogP contribution in [0.15, 0.2) is 59.6 Å². The Morgan fingerprint density at radius 2 is 1.54 bits per heavy atom. The summed E-state index contributed by atoms with van der Waals surface area (Å²) < 4.78 is 33.4. The second-order valence-corrected chi connectivity index (χ2v) is 8.27. The molecule has 2 N–H and O–H groups in total. The number of aryl methyl sites for hydroxylation is 3. The third kappa shape index (κ3) is 4.43. The molecule has 0 bridgehead atoms. The van der Waals surface area contributed by atoms with Crippen molar-refractivity contribution < 1.29 is 13.2 Å². The highest BCUT2D eigenvalue weighted by Crippen LogP contribution is 2.29. The van der Waals surface area contributed by atoms with Gasteiger partial charge in [0.15, 0.2) is 0 Å². The van der Waals surface area contributed by atoms with E-state index in [-0.39, 0.29) is 10.7 Å². The van der Waals surface area contributed by atoms with E-state index in [2.05, 4.69) is 15.0 Å². The third-order valence-electron chi connectivity index (χ3n) is 4.41. The van der Waals surface area contributed by atoms with Gasteiger partial charge in [-0.2, -0.15) is 0 Å². The van der Waals surface area contributed by atoms with Crippen molar-refractivity contribution in [2.75, 3.05) is 17.1 Å². The number of sulfonamides is 1. The number of methoxy groups -OCH3 is 1. The minimum absolute atomic E-state index is 0.0850. The fourth-order valence-electron chi connectivity index (χ4n) is 2.66. The molecule has 0 unspecified atom stereocenters. The van der Waals surface area contributed by atoms with E-state index in [1.54, 1.807) is 30.5 Å². The summed E-state index contributed by atoms with van der Waals surface area (Å²) in [4.78, 5) is 4.29. The third-order valence-corrected chi connectivity index (χ3v) is 5.79. The van der Waals surface area contributed by atoms with E-state index in [1.165, 1.54) is 12.7 Å². The molecular weight excluding hydrogens is 374 g/mol. The van der Waals surface area contributed by atoms with Gasteiger partial charge in [0.2, 0.25) is 0 Å². The van der Waals surface area contributed by atoms with Crippen LogP contribution in [-0.2, 0) is 10.0 Å². The Morgan fingerprint density at radius 1 is 0.893 bits per heavy atom. The molecule has 2 aromatic carbocycles. The predicted molar refractivity (Wildman–Crippen MR) is 112 cm³/mol. The lowest BCUT2D eigenvalue weighted by atomic mass is 10.1. The molecule has 1 aromatic heterocycles. The Morgan fingerprint density at radius 3 is 2.14 bits per heavy atom. The molecule has 28 heavy (non-hydrogen) atoms. The Hall–Kier alpha value is -3.06. The molecular formula is C21H23N3O3S. The van der Waals surface area contributed by atoms with E-state index in [4.69, 9.17) is 4.74 Å². The smallest absolute Gasteiger partial charge is 0.266 e. The molecule has 146 valence electrons. The van der Waals surface area contributed by atoms with Gasteiger partial charge >= 0.3 is 0 Å². The van der Waals surface area contributed by atoms with Crippen molar-refractivity contribution in [3.8, 4) is 5.75 Å². The van der Waals surface area contributed by atoms with Crippen molar-refractivity contribution in [2.24, 2.45) is 0 Å². The van der Waals surface area contributed by atoms with E-state index in [1.807, 2.05) is 45.0 Å². The summed E-state index contributed by atoms with van der Waals surface area (Å²) in [6, 6.07) is 14.7. The quantitative estimate of drug-likeness (QED) is 0.637. The highest BCUT2D eigenvalue weighted by atomic mass is 32.2. The number of anilines is 3. The molecule has 0 aliphatic rings. The summed E-state index contributed by atoms with van der Waals surface area (Å²) in [7, 11) is -2.38. The zero-order chi connectivity index (χ0) is 20.3. The summed E-state index contributed by atoms with van der Waals surface area (Å²) in [5, 5.41) is 3.23. The van der Waals surface area contributed by atoms with Gasteiger partial charge in [-0.05, 0) is 68.3 Å². The monoisotopic (exact) mass is 397 g/mol. The van der Waals surface area contributed by atoms with Crippen LogP contribution >= 0.6 is 0 Å². The SMILES string of the molecule is COc1cc(C)c(C)cc1S(=O)(=O)Nc1ccc(Nc2ccc(C)cc2)cn1. The molecule has 0 radical (unpaired) electrons. The molecule has 0 fully saturated rings. The van der Waals surface area contributed by atoms with Gasteiger partial charge in [0.1, 0.15) is 16.5 Å². The largest absolute Gasteiger partial charge is 0.495 e. The molecule has 0 spiro atoms. The summed E-state index contributed by atoms with van der Waals surface area (Å²) in [5.41, 5.74) is 4.69. The lowest BCUT2D eigenvalue weighted by Crippen LogP contribution is -2.15. The van der Waals surface area contributed by atoms with Crippen molar-refractivity contribution in [2.45, 2.75) is 25.7 Å². The second kappa shape index (κ2) is 7.90. The number of aromatic nitrogens is 1. The molecule has 0 amide bonds. The Labute approximate surface area is 165 Å². The lowest BCUT2D eigenvalue weighted by molar-refractivity contribution is 0.402. The van der Waals surface area contributed by atoms with Crippen LogP contribution in [0.25, 0.3) is 0 Å². The fraction of sp³-hybridized carbons (Fsp3) is 0.190. The van der Waals surface area contributed by atoms with Gasteiger partial charge < -0.3 is 10.1 Å². The van der Waals surface area contributed by atoms with Gasteiger partial charge in [-0.1, -0.05) is 17.7 Å².